The molecule has 114 valence electrons. The number of carbonyl (C=O) groups excluding carboxylic acids is 2. The van der Waals surface area contributed by atoms with Crippen LogP contribution in [-0.2, 0) is 16.0 Å². The summed E-state index contributed by atoms with van der Waals surface area (Å²) in [6.07, 6.45) is 8.18. The van der Waals surface area contributed by atoms with E-state index in [1.807, 2.05) is 17.0 Å². The van der Waals surface area contributed by atoms with Crippen molar-refractivity contribution in [1.82, 2.24) is 15.2 Å². The van der Waals surface area contributed by atoms with Crippen molar-refractivity contribution in [2.24, 2.45) is 0 Å². The molecule has 0 saturated carbocycles. The summed E-state index contributed by atoms with van der Waals surface area (Å²) in [6.45, 7) is 2.36. The van der Waals surface area contributed by atoms with E-state index in [0.717, 1.165) is 38.8 Å². The third-order valence-corrected chi connectivity index (χ3v) is 3.74. The topological polar surface area (TPSA) is 62.3 Å². The highest BCUT2D eigenvalue weighted by atomic mass is 16.2. The predicted octanol–water partition coefficient (Wildman–Crippen LogP) is 1.53. The smallest absolute Gasteiger partial charge is 0.223 e. The van der Waals surface area contributed by atoms with Crippen molar-refractivity contribution in [3.63, 3.8) is 0 Å². The molecule has 0 aliphatic carbocycles. The molecule has 21 heavy (non-hydrogen) atoms. The number of hydrogen-bond donors (Lipinski definition) is 1. The van der Waals surface area contributed by atoms with Gasteiger partial charge in [-0.05, 0) is 43.4 Å². The lowest BCUT2D eigenvalue weighted by atomic mass is 10.1. The zero-order chi connectivity index (χ0) is 14.9. The van der Waals surface area contributed by atoms with Crippen molar-refractivity contribution in [2.45, 2.75) is 38.5 Å². The number of likely N-dealkylation sites (tertiary alicyclic amines) is 1. The predicted molar refractivity (Wildman–Crippen MR) is 80.6 cm³/mol. The van der Waals surface area contributed by atoms with Crippen LogP contribution in [0, 0.1) is 0 Å². The van der Waals surface area contributed by atoms with Gasteiger partial charge in [0.15, 0.2) is 0 Å². The molecule has 2 amide bonds. The number of hydrogen-bond acceptors (Lipinski definition) is 3. The molecule has 1 fully saturated rings. The Bertz CT molecular complexity index is 456. The molecule has 1 aliphatic rings. The molecule has 5 heteroatoms. The number of rotatable bonds is 7. The maximum atomic E-state index is 11.8. The molecule has 0 unspecified atom stereocenters. The second-order valence-electron chi connectivity index (χ2n) is 5.40. The minimum absolute atomic E-state index is 0.0303. The summed E-state index contributed by atoms with van der Waals surface area (Å²) in [6, 6.07) is 3.97. The van der Waals surface area contributed by atoms with E-state index in [-0.39, 0.29) is 11.8 Å². The van der Waals surface area contributed by atoms with Gasteiger partial charge in [-0.3, -0.25) is 14.6 Å². The Morgan fingerprint density at radius 2 is 1.86 bits per heavy atom. The normalized spacial score (nSPS) is 14.2. The van der Waals surface area contributed by atoms with Crippen molar-refractivity contribution in [1.29, 1.82) is 0 Å². The number of nitrogens with one attached hydrogen (secondary N) is 1. The van der Waals surface area contributed by atoms with Gasteiger partial charge < -0.3 is 10.2 Å². The first kappa shape index (κ1) is 15.5. The average Bonchev–Trinajstić information content (AvgIpc) is 3.05. The van der Waals surface area contributed by atoms with Gasteiger partial charge in [0, 0.05) is 44.9 Å². The standard InChI is InChI=1S/C16H23N3O2/c20-15(5-6-16(21)19-12-1-2-13-19)18-9-3-4-14-7-10-17-11-8-14/h7-8,10-11H,1-6,9,12-13H2,(H,18,20). The van der Waals surface area contributed by atoms with E-state index < -0.39 is 0 Å². The zero-order valence-electron chi connectivity index (χ0n) is 12.4. The summed E-state index contributed by atoms with van der Waals surface area (Å²) in [5.41, 5.74) is 1.23. The van der Waals surface area contributed by atoms with Crippen LogP contribution >= 0.6 is 0 Å². The highest BCUT2D eigenvalue weighted by Gasteiger charge is 2.18. The number of aryl methyl sites for hydroxylation is 1. The molecule has 1 saturated heterocycles. The molecular weight excluding hydrogens is 266 g/mol. The lowest BCUT2D eigenvalue weighted by Gasteiger charge is -2.14. The van der Waals surface area contributed by atoms with Gasteiger partial charge in [0.1, 0.15) is 0 Å². The Labute approximate surface area is 125 Å². The number of pyridine rings is 1. The van der Waals surface area contributed by atoms with E-state index >= 15 is 0 Å². The number of carbonyl (C=O) groups is 2. The Kier molecular flexibility index (Phi) is 6.19. The average molecular weight is 289 g/mol. The molecule has 0 radical (unpaired) electrons. The van der Waals surface area contributed by atoms with Crippen molar-refractivity contribution < 1.29 is 9.59 Å². The Hall–Kier alpha value is -1.91. The molecule has 0 aromatic carbocycles. The second-order valence-corrected chi connectivity index (χ2v) is 5.40. The van der Waals surface area contributed by atoms with Gasteiger partial charge in [-0.15, -0.1) is 0 Å². The molecule has 1 aliphatic heterocycles. The van der Waals surface area contributed by atoms with E-state index in [1.54, 1.807) is 12.4 Å². The van der Waals surface area contributed by atoms with Crippen molar-refractivity contribution >= 4 is 11.8 Å². The fourth-order valence-electron chi connectivity index (χ4n) is 2.50. The fraction of sp³-hybridized carbons (Fsp3) is 0.562. The third kappa shape index (κ3) is 5.53. The van der Waals surface area contributed by atoms with Crippen LogP contribution in [0.2, 0.25) is 0 Å². The first-order valence-electron chi connectivity index (χ1n) is 7.69. The quantitative estimate of drug-likeness (QED) is 0.774. The summed E-state index contributed by atoms with van der Waals surface area (Å²) < 4.78 is 0. The lowest BCUT2D eigenvalue weighted by Crippen LogP contribution is -2.30. The Morgan fingerprint density at radius 3 is 2.57 bits per heavy atom. The minimum Gasteiger partial charge on any atom is -0.356 e. The minimum atomic E-state index is -0.0303. The SMILES string of the molecule is O=C(CCC(=O)N1CCCC1)NCCCc1ccncc1. The van der Waals surface area contributed by atoms with E-state index in [4.69, 9.17) is 0 Å². The molecular formula is C16H23N3O2. The lowest BCUT2D eigenvalue weighted by molar-refractivity contribution is -0.132. The first-order valence-corrected chi connectivity index (χ1v) is 7.69. The van der Waals surface area contributed by atoms with Crippen molar-refractivity contribution in [2.75, 3.05) is 19.6 Å². The van der Waals surface area contributed by atoms with Crippen LogP contribution in [0.5, 0.6) is 0 Å². The van der Waals surface area contributed by atoms with Crippen LogP contribution in [0.1, 0.15) is 37.7 Å². The first-order chi connectivity index (χ1) is 10.3. The Morgan fingerprint density at radius 1 is 1.14 bits per heavy atom. The number of nitrogens with zero attached hydrogens (tertiary/aromatic N) is 2. The molecule has 0 bridgehead atoms. The van der Waals surface area contributed by atoms with E-state index in [0.29, 0.717) is 19.4 Å². The van der Waals surface area contributed by atoms with Crippen LogP contribution in [0.4, 0.5) is 0 Å². The molecule has 1 N–H and O–H groups in total. The molecule has 0 atom stereocenters. The fourth-order valence-corrected chi connectivity index (χ4v) is 2.50. The second kappa shape index (κ2) is 8.39. The van der Waals surface area contributed by atoms with Gasteiger partial charge in [0.05, 0.1) is 0 Å². The monoisotopic (exact) mass is 289 g/mol. The zero-order valence-corrected chi connectivity index (χ0v) is 12.4. The van der Waals surface area contributed by atoms with Crippen molar-refractivity contribution in [3.8, 4) is 0 Å². The molecule has 0 spiro atoms. The van der Waals surface area contributed by atoms with Crippen molar-refractivity contribution in [3.05, 3.63) is 30.1 Å². The van der Waals surface area contributed by atoms with E-state index in [9.17, 15) is 9.59 Å². The van der Waals surface area contributed by atoms with Crippen LogP contribution in [0.25, 0.3) is 0 Å². The molecule has 2 rings (SSSR count). The van der Waals surface area contributed by atoms with Gasteiger partial charge in [-0.1, -0.05) is 0 Å². The summed E-state index contributed by atoms with van der Waals surface area (Å²) in [4.78, 5) is 29.3. The highest BCUT2D eigenvalue weighted by molar-refractivity contribution is 5.83. The third-order valence-electron chi connectivity index (χ3n) is 3.74. The van der Waals surface area contributed by atoms with E-state index in [1.165, 1.54) is 5.56 Å². The maximum absolute atomic E-state index is 11.8. The van der Waals surface area contributed by atoms with Gasteiger partial charge in [-0.2, -0.15) is 0 Å². The van der Waals surface area contributed by atoms with Crippen LogP contribution in [0.3, 0.4) is 0 Å². The summed E-state index contributed by atoms with van der Waals surface area (Å²) in [5.74, 6) is 0.0803. The molecule has 2 heterocycles. The van der Waals surface area contributed by atoms with Gasteiger partial charge in [0.25, 0.3) is 0 Å². The van der Waals surface area contributed by atoms with E-state index in [2.05, 4.69) is 10.3 Å². The van der Waals surface area contributed by atoms with Crippen LogP contribution in [-0.4, -0.2) is 41.3 Å². The molecule has 5 nitrogen and oxygen atoms in total. The van der Waals surface area contributed by atoms with Gasteiger partial charge >= 0.3 is 0 Å². The van der Waals surface area contributed by atoms with Gasteiger partial charge in [0.2, 0.25) is 11.8 Å². The maximum Gasteiger partial charge on any atom is 0.223 e. The Balaban J connectivity index is 1.54. The van der Waals surface area contributed by atoms with Crippen LogP contribution < -0.4 is 5.32 Å². The number of amides is 2. The highest BCUT2D eigenvalue weighted by Crippen LogP contribution is 2.09. The summed E-state index contributed by atoms with van der Waals surface area (Å²) >= 11 is 0. The number of aromatic nitrogens is 1. The van der Waals surface area contributed by atoms with Crippen LogP contribution in [0.15, 0.2) is 24.5 Å². The summed E-state index contributed by atoms with van der Waals surface area (Å²) in [7, 11) is 0. The molecule has 1 aromatic rings. The van der Waals surface area contributed by atoms with Gasteiger partial charge in [-0.25, -0.2) is 0 Å². The largest absolute Gasteiger partial charge is 0.356 e. The summed E-state index contributed by atoms with van der Waals surface area (Å²) in [5, 5.41) is 2.87. The molecule has 1 aromatic heterocycles.